The molecule has 130 valence electrons. The van der Waals surface area contributed by atoms with Gasteiger partial charge in [-0.05, 0) is 6.42 Å². The second kappa shape index (κ2) is 8.58. The van der Waals surface area contributed by atoms with Crippen LogP contribution >= 0.6 is 0 Å². The van der Waals surface area contributed by atoms with Crippen LogP contribution in [0.2, 0.25) is 0 Å². The second-order valence-electron chi connectivity index (χ2n) is 6.30. The largest absolute Gasteiger partial charge is 1.00 e. The highest BCUT2D eigenvalue weighted by atomic mass is 79.9. The molecular weight excluding hydrogens is 366 g/mol. The lowest BCUT2D eigenvalue weighted by molar-refractivity contribution is -0.685. The first kappa shape index (κ1) is 18.9. The standard InChI is InChI=1S/C19H26N3O.BrH/c1-2-3-4-5-9-15-22-18-20-13-10-14-21(18)16-19(22,23)17-11-7-6-8-12-17;/h6-8,10-14,23H,2-5,9,15-16H2,1H3;1H/q+1;/p-1. The molecule has 2 heterocycles. The van der Waals surface area contributed by atoms with Crippen LogP contribution in [0.1, 0.15) is 44.6 Å². The van der Waals surface area contributed by atoms with Crippen molar-refractivity contribution in [2.45, 2.75) is 51.3 Å². The molecule has 2 aromatic rings. The lowest BCUT2D eigenvalue weighted by Gasteiger charge is -2.28. The molecule has 1 aliphatic heterocycles. The van der Waals surface area contributed by atoms with Gasteiger partial charge in [0, 0.05) is 11.6 Å². The fraction of sp³-hybridized carbons (Fsp3) is 0.474. The maximum absolute atomic E-state index is 11.4. The molecule has 0 aliphatic carbocycles. The zero-order chi connectivity index (χ0) is 16.1. The van der Waals surface area contributed by atoms with Gasteiger partial charge < -0.3 is 22.1 Å². The highest BCUT2D eigenvalue weighted by Crippen LogP contribution is 2.33. The van der Waals surface area contributed by atoms with E-state index in [1.807, 2.05) is 47.2 Å². The van der Waals surface area contributed by atoms with E-state index >= 15 is 0 Å². The molecule has 1 unspecified atom stereocenters. The Labute approximate surface area is 154 Å². The summed E-state index contributed by atoms with van der Waals surface area (Å²) in [6.45, 7) is 3.58. The van der Waals surface area contributed by atoms with Crippen molar-refractivity contribution in [3.63, 3.8) is 0 Å². The van der Waals surface area contributed by atoms with Gasteiger partial charge in [-0.3, -0.25) is 0 Å². The second-order valence-corrected chi connectivity index (χ2v) is 6.30. The molecule has 0 amide bonds. The Morgan fingerprint density at radius 2 is 1.88 bits per heavy atom. The monoisotopic (exact) mass is 391 g/mol. The summed E-state index contributed by atoms with van der Waals surface area (Å²) >= 11 is 0. The van der Waals surface area contributed by atoms with Gasteiger partial charge in [0.2, 0.25) is 5.72 Å². The number of hydrogen-bond acceptors (Lipinski definition) is 3. The first-order chi connectivity index (χ1) is 11.3. The van der Waals surface area contributed by atoms with E-state index in [1.165, 1.54) is 25.7 Å². The third kappa shape index (κ3) is 3.78. The van der Waals surface area contributed by atoms with Gasteiger partial charge in [0.25, 0.3) is 0 Å². The van der Waals surface area contributed by atoms with Crippen LogP contribution in [0.5, 0.6) is 0 Å². The Morgan fingerprint density at radius 3 is 2.62 bits per heavy atom. The van der Waals surface area contributed by atoms with Crippen LogP contribution in [-0.2, 0) is 12.3 Å². The van der Waals surface area contributed by atoms with Crippen LogP contribution in [0.3, 0.4) is 0 Å². The lowest BCUT2D eigenvalue weighted by atomic mass is 10.0. The van der Waals surface area contributed by atoms with Gasteiger partial charge in [-0.15, -0.1) is 0 Å². The normalized spacial score (nSPS) is 19.0. The fourth-order valence-electron chi connectivity index (χ4n) is 3.34. The molecule has 1 aromatic carbocycles. The van der Waals surface area contributed by atoms with E-state index in [9.17, 15) is 5.11 Å². The highest BCUT2D eigenvalue weighted by Gasteiger charge is 2.50. The minimum absolute atomic E-state index is 0. The number of rotatable bonds is 7. The van der Waals surface area contributed by atoms with E-state index in [0.717, 1.165) is 24.5 Å². The zero-order valence-corrected chi connectivity index (χ0v) is 15.8. The Morgan fingerprint density at radius 1 is 1.12 bits per heavy atom. The number of unbranched alkanes of at least 4 members (excludes halogenated alkanes) is 4. The van der Waals surface area contributed by atoms with Crippen molar-refractivity contribution in [1.29, 1.82) is 0 Å². The number of nitrogens with zero attached hydrogens (tertiary/aromatic N) is 3. The van der Waals surface area contributed by atoms with Gasteiger partial charge in [-0.2, -0.15) is 0 Å². The lowest BCUT2D eigenvalue weighted by Crippen LogP contribution is -3.00. The van der Waals surface area contributed by atoms with E-state index in [-0.39, 0.29) is 17.0 Å². The maximum atomic E-state index is 11.4. The van der Waals surface area contributed by atoms with Crippen molar-refractivity contribution >= 4 is 5.95 Å². The molecule has 1 atom stereocenters. The molecule has 0 spiro atoms. The summed E-state index contributed by atoms with van der Waals surface area (Å²) < 4.78 is 2.04. The van der Waals surface area contributed by atoms with Crippen LogP contribution in [0.15, 0.2) is 48.8 Å². The highest BCUT2D eigenvalue weighted by molar-refractivity contribution is 5.37. The predicted octanol–water partition coefficient (Wildman–Crippen LogP) is 0.00880. The third-order valence-electron chi connectivity index (χ3n) is 4.60. The molecule has 4 nitrogen and oxygen atoms in total. The molecule has 24 heavy (non-hydrogen) atoms. The number of benzene rings is 1. The van der Waals surface area contributed by atoms with Crippen LogP contribution in [0.4, 0.5) is 5.95 Å². The predicted molar refractivity (Wildman–Crippen MR) is 90.9 cm³/mol. The van der Waals surface area contributed by atoms with Gasteiger partial charge in [0.05, 0.1) is 12.7 Å². The fourth-order valence-corrected chi connectivity index (χ4v) is 3.34. The van der Waals surface area contributed by atoms with Crippen molar-refractivity contribution < 1.29 is 26.7 Å². The van der Waals surface area contributed by atoms with Crippen LogP contribution in [0.25, 0.3) is 0 Å². The summed E-state index contributed by atoms with van der Waals surface area (Å²) in [6, 6.07) is 11.9. The van der Waals surface area contributed by atoms with Gasteiger partial charge in [0.1, 0.15) is 12.7 Å². The quantitative estimate of drug-likeness (QED) is 0.533. The summed E-state index contributed by atoms with van der Waals surface area (Å²) in [4.78, 5) is 6.57. The number of fused-ring (bicyclic) bond motifs is 1. The molecular formula is C19H26BrN3O. The molecule has 0 saturated carbocycles. The van der Waals surface area contributed by atoms with Crippen LogP contribution in [0, 0.1) is 0 Å². The number of aliphatic hydroxyl groups is 1. The molecule has 0 fully saturated rings. The summed E-state index contributed by atoms with van der Waals surface area (Å²) in [5, 5.41) is 11.4. The molecule has 0 radical (unpaired) electrons. The number of anilines is 1. The van der Waals surface area contributed by atoms with Crippen molar-refractivity contribution in [3.05, 3.63) is 54.4 Å². The number of hydrogen-bond donors (Lipinski definition) is 1. The Balaban J connectivity index is 0.00000208. The van der Waals surface area contributed by atoms with E-state index in [2.05, 4.69) is 16.8 Å². The van der Waals surface area contributed by atoms with Gasteiger partial charge in [0.15, 0.2) is 0 Å². The average Bonchev–Trinajstić information content (AvgIpc) is 2.89. The maximum Gasteiger partial charge on any atom is 0.396 e. The molecule has 0 saturated heterocycles. The third-order valence-corrected chi connectivity index (χ3v) is 4.60. The Bertz CT molecular complexity index is 638. The molecule has 1 N–H and O–H groups in total. The van der Waals surface area contributed by atoms with E-state index in [0.29, 0.717) is 6.54 Å². The first-order valence-electron chi connectivity index (χ1n) is 8.65. The minimum Gasteiger partial charge on any atom is -1.00 e. The van der Waals surface area contributed by atoms with E-state index in [1.54, 1.807) is 6.20 Å². The number of halogens is 1. The summed E-state index contributed by atoms with van der Waals surface area (Å²) in [5.41, 5.74) is -0.0769. The van der Waals surface area contributed by atoms with Crippen LogP contribution in [-0.4, -0.2) is 16.6 Å². The smallest absolute Gasteiger partial charge is 0.396 e. The Kier molecular flexibility index (Phi) is 6.75. The molecule has 5 heteroatoms. The van der Waals surface area contributed by atoms with Crippen molar-refractivity contribution in [1.82, 2.24) is 4.98 Å². The molecule has 1 aromatic heterocycles. The minimum atomic E-state index is -1.01. The van der Waals surface area contributed by atoms with Crippen molar-refractivity contribution in [3.8, 4) is 0 Å². The van der Waals surface area contributed by atoms with E-state index in [4.69, 9.17) is 0 Å². The zero-order valence-electron chi connectivity index (χ0n) is 14.2. The number of aromatic nitrogens is 2. The SMILES string of the molecule is CCCCCCCN1c2nccc[n+]2CC1(O)c1ccccc1.[Br-]. The van der Waals surface area contributed by atoms with Gasteiger partial charge >= 0.3 is 5.95 Å². The molecule has 3 rings (SSSR count). The first-order valence-corrected chi connectivity index (χ1v) is 8.65. The topological polar surface area (TPSA) is 40.2 Å². The summed E-state index contributed by atoms with van der Waals surface area (Å²) in [7, 11) is 0. The summed E-state index contributed by atoms with van der Waals surface area (Å²) in [6.07, 6.45) is 9.86. The van der Waals surface area contributed by atoms with Crippen molar-refractivity contribution in [2.24, 2.45) is 0 Å². The van der Waals surface area contributed by atoms with E-state index < -0.39 is 5.72 Å². The van der Waals surface area contributed by atoms with Crippen LogP contribution < -0.4 is 26.4 Å². The summed E-state index contributed by atoms with van der Waals surface area (Å²) in [5.74, 6) is 0.856. The Hall–Kier alpha value is -1.46. The molecule has 1 aliphatic rings. The van der Waals surface area contributed by atoms with Crippen molar-refractivity contribution in [2.75, 3.05) is 11.4 Å². The van der Waals surface area contributed by atoms with Gasteiger partial charge in [-0.25, -0.2) is 9.47 Å². The average molecular weight is 392 g/mol. The molecule has 0 bridgehead atoms. The van der Waals surface area contributed by atoms with Gasteiger partial charge in [-0.1, -0.05) is 67.9 Å².